The molecule has 0 spiro atoms. The first-order valence-electron chi connectivity index (χ1n) is 7.77. The smallest absolute Gasteiger partial charge is 0.167 e. The van der Waals surface area contributed by atoms with Gasteiger partial charge in [0.15, 0.2) is 5.82 Å². The summed E-state index contributed by atoms with van der Waals surface area (Å²) in [6, 6.07) is 10.7. The van der Waals surface area contributed by atoms with Crippen molar-refractivity contribution in [3.8, 4) is 11.4 Å². The summed E-state index contributed by atoms with van der Waals surface area (Å²) in [6.07, 6.45) is 3.03. The number of fused-ring (bicyclic) bond motifs is 1. The third-order valence-electron chi connectivity index (χ3n) is 4.44. The summed E-state index contributed by atoms with van der Waals surface area (Å²) in [5, 5.41) is 13.3. The van der Waals surface area contributed by atoms with Crippen LogP contribution < -0.4 is 0 Å². The van der Waals surface area contributed by atoms with Crippen molar-refractivity contribution >= 4 is 0 Å². The Morgan fingerprint density at radius 2 is 2.00 bits per heavy atom. The Balaban J connectivity index is 1.69. The lowest BCUT2D eigenvalue weighted by Gasteiger charge is -2.09. The van der Waals surface area contributed by atoms with E-state index in [1.165, 1.54) is 5.56 Å². The number of rotatable bonds is 3. The van der Waals surface area contributed by atoms with E-state index in [1.54, 1.807) is 0 Å². The highest BCUT2D eigenvalue weighted by Crippen LogP contribution is 2.32. The fourth-order valence-corrected chi connectivity index (χ4v) is 3.23. The molecule has 0 saturated heterocycles. The van der Waals surface area contributed by atoms with Gasteiger partial charge in [-0.1, -0.05) is 30.3 Å². The fraction of sp³-hybridized carbons (Fsp3) is 0.353. The maximum Gasteiger partial charge on any atom is 0.167 e. The topological polar surface area (TPSA) is 48.5 Å². The van der Waals surface area contributed by atoms with Gasteiger partial charge in [0.25, 0.3) is 0 Å². The molecular weight excluding hydrogens is 274 g/mol. The summed E-state index contributed by atoms with van der Waals surface area (Å²) in [6.45, 7) is 5.94. The predicted molar refractivity (Wildman–Crippen MR) is 84.5 cm³/mol. The van der Waals surface area contributed by atoms with Crippen LogP contribution in [0.15, 0.2) is 36.5 Å². The average Bonchev–Trinajstić information content (AvgIpc) is 3.21. The van der Waals surface area contributed by atoms with Crippen molar-refractivity contribution in [3.05, 3.63) is 53.6 Å². The summed E-state index contributed by atoms with van der Waals surface area (Å²) >= 11 is 0. The second-order valence-electron chi connectivity index (χ2n) is 5.85. The van der Waals surface area contributed by atoms with E-state index in [-0.39, 0.29) is 0 Å². The van der Waals surface area contributed by atoms with E-state index in [0.29, 0.717) is 5.92 Å². The zero-order valence-electron chi connectivity index (χ0n) is 12.9. The normalized spacial score (nSPS) is 16.9. The van der Waals surface area contributed by atoms with Crippen LogP contribution >= 0.6 is 0 Å². The second kappa shape index (κ2) is 5.09. The van der Waals surface area contributed by atoms with E-state index in [9.17, 15) is 0 Å². The van der Waals surface area contributed by atoms with Gasteiger partial charge >= 0.3 is 0 Å². The molecule has 0 saturated carbocycles. The Labute approximate surface area is 129 Å². The minimum atomic E-state index is 0.493. The van der Waals surface area contributed by atoms with Crippen LogP contribution in [0.3, 0.4) is 0 Å². The Morgan fingerprint density at radius 1 is 1.18 bits per heavy atom. The molecule has 2 aromatic heterocycles. The highest BCUT2D eigenvalue weighted by molar-refractivity contribution is 5.57. The molecule has 112 valence electrons. The molecule has 22 heavy (non-hydrogen) atoms. The first-order valence-corrected chi connectivity index (χ1v) is 7.77. The number of hydrogen-bond donors (Lipinski definition) is 0. The van der Waals surface area contributed by atoms with Crippen molar-refractivity contribution < 1.29 is 0 Å². The Morgan fingerprint density at radius 3 is 2.73 bits per heavy atom. The van der Waals surface area contributed by atoms with Crippen LogP contribution in [-0.4, -0.2) is 24.5 Å². The van der Waals surface area contributed by atoms with E-state index >= 15 is 0 Å². The number of aryl methyl sites for hydroxylation is 2. The van der Waals surface area contributed by atoms with E-state index in [0.717, 1.165) is 42.4 Å². The molecule has 3 aromatic rings. The maximum atomic E-state index is 4.52. The molecule has 5 nitrogen and oxygen atoms in total. The molecule has 0 aliphatic carbocycles. The van der Waals surface area contributed by atoms with Crippen molar-refractivity contribution in [2.75, 3.05) is 0 Å². The first kappa shape index (κ1) is 13.2. The number of aromatic nitrogens is 5. The van der Waals surface area contributed by atoms with Gasteiger partial charge in [-0.3, -0.25) is 4.68 Å². The van der Waals surface area contributed by atoms with Gasteiger partial charge in [0.05, 0.1) is 11.3 Å². The molecule has 0 bridgehead atoms. The number of benzene rings is 1. The summed E-state index contributed by atoms with van der Waals surface area (Å²) in [5.41, 5.74) is 3.48. The van der Waals surface area contributed by atoms with E-state index < -0.39 is 0 Å². The zero-order valence-corrected chi connectivity index (χ0v) is 12.9. The second-order valence-corrected chi connectivity index (χ2v) is 5.85. The molecule has 5 heteroatoms. The van der Waals surface area contributed by atoms with E-state index in [2.05, 4.69) is 63.3 Å². The van der Waals surface area contributed by atoms with Gasteiger partial charge in [-0.05, 0) is 19.4 Å². The molecule has 3 heterocycles. The van der Waals surface area contributed by atoms with Crippen LogP contribution in [0.4, 0.5) is 0 Å². The van der Waals surface area contributed by atoms with Crippen LogP contribution in [0, 0.1) is 6.92 Å². The van der Waals surface area contributed by atoms with Crippen molar-refractivity contribution in [2.45, 2.75) is 39.3 Å². The lowest BCUT2D eigenvalue weighted by atomic mass is 9.98. The average molecular weight is 293 g/mol. The van der Waals surface area contributed by atoms with Gasteiger partial charge in [-0.2, -0.15) is 5.10 Å². The highest BCUT2D eigenvalue weighted by Gasteiger charge is 2.28. The van der Waals surface area contributed by atoms with Crippen molar-refractivity contribution in [1.29, 1.82) is 0 Å². The molecule has 0 fully saturated rings. The zero-order chi connectivity index (χ0) is 15.1. The number of hydrogen-bond acceptors (Lipinski definition) is 3. The van der Waals surface area contributed by atoms with Crippen LogP contribution in [0.2, 0.25) is 0 Å². The van der Waals surface area contributed by atoms with Gasteiger partial charge in [0.1, 0.15) is 5.82 Å². The highest BCUT2D eigenvalue weighted by atomic mass is 15.3. The van der Waals surface area contributed by atoms with E-state index in [1.807, 2.05) is 11.6 Å². The molecule has 0 radical (unpaired) electrons. The van der Waals surface area contributed by atoms with Crippen molar-refractivity contribution in [3.63, 3.8) is 0 Å². The minimum Gasteiger partial charge on any atom is -0.310 e. The quantitative estimate of drug-likeness (QED) is 0.746. The van der Waals surface area contributed by atoms with Crippen molar-refractivity contribution in [1.82, 2.24) is 24.5 Å². The molecule has 1 unspecified atom stereocenters. The molecule has 1 atom stereocenters. The molecule has 1 aliphatic heterocycles. The minimum absolute atomic E-state index is 0.493. The molecular formula is C17H19N5. The molecule has 0 amide bonds. The lowest BCUT2D eigenvalue weighted by Crippen LogP contribution is -2.03. The standard InChI is InChI=1S/C17H19N5/c1-3-21-11-15(12(2)20-21)17-19-18-16-9-14(10-22(16)17)13-7-5-4-6-8-13/h4-8,11,14H,3,9-10H2,1-2H3. The first-order chi connectivity index (χ1) is 10.8. The third-order valence-corrected chi connectivity index (χ3v) is 4.44. The van der Waals surface area contributed by atoms with Crippen LogP contribution in [0.1, 0.15) is 29.9 Å². The summed E-state index contributed by atoms with van der Waals surface area (Å²) in [4.78, 5) is 0. The molecule has 1 aliphatic rings. The fourth-order valence-electron chi connectivity index (χ4n) is 3.23. The maximum absolute atomic E-state index is 4.52. The van der Waals surface area contributed by atoms with Crippen LogP contribution in [0.25, 0.3) is 11.4 Å². The summed E-state index contributed by atoms with van der Waals surface area (Å²) in [5.74, 6) is 2.52. The van der Waals surface area contributed by atoms with Gasteiger partial charge in [0, 0.05) is 31.6 Å². The largest absolute Gasteiger partial charge is 0.310 e. The summed E-state index contributed by atoms with van der Waals surface area (Å²) < 4.78 is 4.21. The van der Waals surface area contributed by atoms with Gasteiger partial charge in [0.2, 0.25) is 0 Å². The monoisotopic (exact) mass is 293 g/mol. The van der Waals surface area contributed by atoms with Gasteiger partial charge < -0.3 is 4.57 Å². The van der Waals surface area contributed by atoms with Gasteiger partial charge in [-0.15, -0.1) is 10.2 Å². The number of nitrogens with zero attached hydrogens (tertiary/aromatic N) is 5. The van der Waals surface area contributed by atoms with E-state index in [4.69, 9.17) is 0 Å². The molecule has 0 N–H and O–H groups in total. The van der Waals surface area contributed by atoms with Crippen LogP contribution in [-0.2, 0) is 19.5 Å². The SMILES string of the molecule is CCn1cc(-c2nnc3n2CC(c2ccccc2)C3)c(C)n1. The molecule has 4 rings (SSSR count). The third kappa shape index (κ3) is 2.04. The molecule has 1 aromatic carbocycles. The Hall–Kier alpha value is -2.43. The lowest BCUT2D eigenvalue weighted by molar-refractivity contribution is 0.649. The Kier molecular flexibility index (Phi) is 3.06. The van der Waals surface area contributed by atoms with Crippen LogP contribution in [0.5, 0.6) is 0 Å². The van der Waals surface area contributed by atoms with Gasteiger partial charge in [-0.25, -0.2) is 0 Å². The predicted octanol–water partition coefficient (Wildman–Crippen LogP) is 2.81. The Bertz CT molecular complexity index is 800. The summed E-state index contributed by atoms with van der Waals surface area (Å²) in [7, 11) is 0. The van der Waals surface area contributed by atoms with Crippen molar-refractivity contribution in [2.24, 2.45) is 0 Å².